The van der Waals surface area contributed by atoms with Gasteiger partial charge in [-0.05, 0) is 24.8 Å². The molecule has 1 saturated heterocycles. The van der Waals surface area contributed by atoms with E-state index >= 15 is 0 Å². The monoisotopic (exact) mass is 329 g/mol. The molecular formula is C16H18F3NO3. The number of hydrogen-bond donors (Lipinski definition) is 1. The molecule has 0 amide bonds. The predicted octanol–water partition coefficient (Wildman–Crippen LogP) is 3.27. The first-order valence-electron chi connectivity index (χ1n) is 7.59. The van der Waals surface area contributed by atoms with Crippen LogP contribution in [0.4, 0.5) is 13.2 Å². The van der Waals surface area contributed by atoms with Gasteiger partial charge in [-0.15, -0.1) is 13.2 Å². The number of alkyl halides is 3. The Labute approximate surface area is 131 Å². The fourth-order valence-electron chi connectivity index (χ4n) is 3.96. The molecule has 1 aromatic carbocycles. The van der Waals surface area contributed by atoms with Gasteiger partial charge in [0.2, 0.25) is 0 Å². The molecule has 2 aliphatic rings. The summed E-state index contributed by atoms with van der Waals surface area (Å²) in [5, 5.41) is 9.57. The third-order valence-electron chi connectivity index (χ3n) is 4.96. The lowest BCUT2D eigenvalue weighted by atomic mass is 9.81. The number of hydrogen-bond acceptors (Lipinski definition) is 3. The van der Waals surface area contributed by atoms with Crippen LogP contribution in [-0.2, 0) is 11.3 Å². The van der Waals surface area contributed by atoms with Gasteiger partial charge in [0.15, 0.2) is 0 Å². The first-order valence-corrected chi connectivity index (χ1v) is 7.59. The third-order valence-corrected chi connectivity index (χ3v) is 4.96. The Morgan fingerprint density at radius 2 is 2.13 bits per heavy atom. The average molecular weight is 329 g/mol. The van der Waals surface area contributed by atoms with Crippen molar-refractivity contribution in [2.24, 2.45) is 11.3 Å². The molecule has 2 atom stereocenters. The molecule has 1 aliphatic heterocycles. The zero-order valence-electron chi connectivity index (χ0n) is 12.5. The van der Waals surface area contributed by atoms with Gasteiger partial charge in [-0.25, -0.2) is 0 Å². The molecule has 0 aromatic heterocycles. The molecule has 126 valence electrons. The minimum atomic E-state index is -4.74. The van der Waals surface area contributed by atoms with Crippen LogP contribution in [0, 0.1) is 11.3 Å². The lowest BCUT2D eigenvalue weighted by Crippen LogP contribution is -2.35. The molecule has 0 radical (unpaired) electrons. The van der Waals surface area contributed by atoms with Gasteiger partial charge in [-0.1, -0.05) is 24.6 Å². The second kappa shape index (κ2) is 5.70. The van der Waals surface area contributed by atoms with Crippen LogP contribution in [0.1, 0.15) is 24.8 Å². The number of benzene rings is 1. The van der Waals surface area contributed by atoms with E-state index in [9.17, 15) is 23.1 Å². The van der Waals surface area contributed by atoms with Gasteiger partial charge in [0.25, 0.3) is 0 Å². The van der Waals surface area contributed by atoms with E-state index in [-0.39, 0.29) is 18.2 Å². The van der Waals surface area contributed by atoms with Gasteiger partial charge >= 0.3 is 12.3 Å². The highest BCUT2D eigenvalue weighted by Gasteiger charge is 2.54. The Hall–Kier alpha value is -1.76. The van der Waals surface area contributed by atoms with Crippen molar-refractivity contribution in [1.82, 2.24) is 4.90 Å². The number of carboxylic acids is 1. The number of halogens is 3. The predicted molar refractivity (Wildman–Crippen MR) is 75.8 cm³/mol. The number of carbonyl (C=O) groups is 1. The molecule has 1 heterocycles. The van der Waals surface area contributed by atoms with E-state index in [1.807, 2.05) is 4.90 Å². The second-order valence-electron chi connectivity index (χ2n) is 6.38. The SMILES string of the molecule is O=C(O)[C@@]12CCC[C@H]1CN(Cc1ccccc1OC(F)(F)F)C2. The Bertz CT molecular complexity index is 604. The van der Waals surface area contributed by atoms with Gasteiger partial charge in [-0.2, -0.15) is 0 Å². The molecule has 0 unspecified atom stereocenters. The molecule has 4 nitrogen and oxygen atoms in total. The van der Waals surface area contributed by atoms with E-state index in [0.29, 0.717) is 25.1 Å². The Morgan fingerprint density at radius 3 is 2.78 bits per heavy atom. The summed E-state index contributed by atoms with van der Waals surface area (Å²) in [6.07, 6.45) is -2.33. The highest BCUT2D eigenvalue weighted by molar-refractivity contribution is 5.76. The van der Waals surface area contributed by atoms with Crippen molar-refractivity contribution in [3.8, 4) is 5.75 Å². The van der Waals surface area contributed by atoms with Gasteiger partial charge in [0, 0.05) is 25.2 Å². The van der Waals surface area contributed by atoms with Crippen LogP contribution >= 0.6 is 0 Å². The topological polar surface area (TPSA) is 49.8 Å². The summed E-state index contributed by atoms with van der Waals surface area (Å²) in [6, 6.07) is 6.01. The summed E-state index contributed by atoms with van der Waals surface area (Å²) in [7, 11) is 0. The van der Waals surface area contributed by atoms with Crippen LogP contribution in [0.15, 0.2) is 24.3 Å². The summed E-state index contributed by atoms with van der Waals surface area (Å²) < 4.78 is 41.5. The lowest BCUT2D eigenvalue weighted by molar-refractivity contribution is -0.275. The first kappa shape index (κ1) is 16.1. The maximum atomic E-state index is 12.5. The van der Waals surface area contributed by atoms with Crippen molar-refractivity contribution in [3.05, 3.63) is 29.8 Å². The smallest absolute Gasteiger partial charge is 0.481 e. The fourth-order valence-corrected chi connectivity index (χ4v) is 3.96. The Balaban J connectivity index is 1.75. The molecule has 3 rings (SSSR count). The maximum absolute atomic E-state index is 12.5. The highest BCUT2D eigenvalue weighted by Crippen LogP contribution is 2.49. The summed E-state index contributed by atoms with van der Waals surface area (Å²) in [5.74, 6) is -0.931. The molecular weight excluding hydrogens is 311 g/mol. The summed E-state index contributed by atoms with van der Waals surface area (Å²) in [4.78, 5) is 13.6. The molecule has 1 aromatic rings. The molecule has 23 heavy (non-hydrogen) atoms. The number of carboxylic acid groups (broad SMARTS) is 1. The van der Waals surface area contributed by atoms with Crippen molar-refractivity contribution in [3.63, 3.8) is 0 Å². The minimum absolute atomic E-state index is 0.0793. The third kappa shape index (κ3) is 3.15. The van der Waals surface area contributed by atoms with E-state index in [4.69, 9.17) is 0 Å². The molecule has 2 fully saturated rings. The number of likely N-dealkylation sites (tertiary alicyclic amines) is 1. The Morgan fingerprint density at radius 1 is 1.39 bits per heavy atom. The van der Waals surface area contributed by atoms with E-state index in [2.05, 4.69) is 4.74 Å². The number of fused-ring (bicyclic) bond motifs is 1. The molecule has 1 N–H and O–H groups in total. The van der Waals surface area contributed by atoms with Crippen LogP contribution < -0.4 is 4.74 Å². The molecule has 1 aliphatic carbocycles. The van der Waals surface area contributed by atoms with Gasteiger partial charge in [-0.3, -0.25) is 9.69 Å². The lowest BCUT2D eigenvalue weighted by Gasteiger charge is -2.24. The van der Waals surface area contributed by atoms with Crippen molar-refractivity contribution < 1.29 is 27.8 Å². The molecule has 0 bridgehead atoms. The van der Waals surface area contributed by atoms with Crippen LogP contribution in [0.2, 0.25) is 0 Å². The quantitative estimate of drug-likeness (QED) is 0.921. The molecule has 0 spiro atoms. The number of ether oxygens (including phenoxy) is 1. The van der Waals surface area contributed by atoms with Crippen LogP contribution in [0.25, 0.3) is 0 Å². The Kier molecular flexibility index (Phi) is 4.00. The zero-order valence-corrected chi connectivity index (χ0v) is 12.5. The number of para-hydroxylation sites is 1. The van der Waals surface area contributed by atoms with E-state index < -0.39 is 17.7 Å². The van der Waals surface area contributed by atoms with Gasteiger partial charge < -0.3 is 9.84 Å². The maximum Gasteiger partial charge on any atom is 0.573 e. The largest absolute Gasteiger partial charge is 0.573 e. The van der Waals surface area contributed by atoms with Crippen molar-refractivity contribution in [2.45, 2.75) is 32.2 Å². The van der Waals surface area contributed by atoms with Crippen molar-refractivity contribution in [1.29, 1.82) is 0 Å². The standard InChI is InChI=1S/C16H18F3NO3/c17-16(18,19)23-13-6-2-1-4-11(13)8-20-9-12-5-3-7-15(12,10-20)14(21)22/h1-2,4,6,12H,3,5,7-10H2,(H,21,22)/t12-,15+/m0/s1. The number of nitrogens with zero attached hydrogens (tertiary/aromatic N) is 1. The zero-order chi connectivity index (χ0) is 16.7. The second-order valence-corrected chi connectivity index (χ2v) is 6.38. The van der Waals surface area contributed by atoms with Crippen LogP contribution in [0.3, 0.4) is 0 Å². The minimum Gasteiger partial charge on any atom is -0.481 e. The van der Waals surface area contributed by atoms with E-state index in [0.717, 1.165) is 12.8 Å². The number of rotatable bonds is 4. The summed E-state index contributed by atoms with van der Waals surface area (Å²) in [6.45, 7) is 1.25. The summed E-state index contributed by atoms with van der Waals surface area (Å²) >= 11 is 0. The molecule has 1 saturated carbocycles. The van der Waals surface area contributed by atoms with Gasteiger partial charge in [0.1, 0.15) is 5.75 Å². The highest BCUT2D eigenvalue weighted by atomic mass is 19.4. The van der Waals surface area contributed by atoms with Gasteiger partial charge in [0.05, 0.1) is 5.41 Å². The van der Waals surface area contributed by atoms with E-state index in [1.165, 1.54) is 12.1 Å². The van der Waals surface area contributed by atoms with E-state index in [1.54, 1.807) is 12.1 Å². The van der Waals surface area contributed by atoms with Crippen molar-refractivity contribution in [2.75, 3.05) is 13.1 Å². The summed E-state index contributed by atoms with van der Waals surface area (Å²) in [5.41, 5.74) is -0.315. The fraction of sp³-hybridized carbons (Fsp3) is 0.562. The number of aliphatic carboxylic acids is 1. The first-order chi connectivity index (χ1) is 10.8. The molecule has 7 heteroatoms. The normalized spacial score (nSPS) is 27.9. The van der Waals surface area contributed by atoms with Crippen LogP contribution in [-0.4, -0.2) is 35.4 Å². The average Bonchev–Trinajstić information content (AvgIpc) is 2.97. The van der Waals surface area contributed by atoms with Crippen LogP contribution in [0.5, 0.6) is 5.75 Å². The van der Waals surface area contributed by atoms with Crippen molar-refractivity contribution >= 4 is 5.97 Å².